The van der Waals surface area contributed by atoms with E-state index in [0.29, 0.717) is 0 Å². The van der Waals surface area contributed by atoms with Crippen molar-refractivity contribution in [1.29, 1.82) is 0 Å². The highest BCUT2D eigenvalue weighted by Crippen LogP contribution is 2.34. The topological polar surface area (TPSA) is 105 Å². The Morgan fingerprint density at radius 2 is 1.74 bits per heavy atom. The summed E-state index contributed by atoms with van der Waals surface area (Å²) in [5, 5.41) is 10.8. The predicted molar refractivity (Wildman–Crippen MR) is 74.8 cm³/mol. The number of nitrogens with zero attached hydrogens (tertiary/aromatic N) is 1. The fraction of sp³-hybridized carbons (Fsp3) is 0.0714. The standard InChI is InChI=1S/C14H10F2N2O5/c15-14(16)23-12-7-10(5-6-11(12)18(20)21)22-9-3-1-8(2-4-9)13(17)19/h1-7,14H,(H2,17,19). The second-order valence-corrected chi connectivity index (χ2v) is 4.26. The lowest BCUT2D eigenvalue weighted by Crippen LogP contribution is -2.10. The number of hydrogen-bond acceptors (Lipinski definition) is 5. The minimum atomic E-state index is -3.21. The number of halogens is 2. The highest BCUT2D eigenvalue weighted by atomic mass is 19.3. The van der Waals surface area contributed by atoms with Gasteiger partial charge in [0.2, 0.25) is 11.7 Å². The number of ether oxygens (including phenoxy) is 2. The van der Waals surface area contributed by atoms with Crippen LogP contribution in [0.2, 0.25) is 0 Å². The lowest BCUT2D eigenvalue weighted by molar-refractivity contribution is -0.386. The highest BCUT2D eigenvalue weighted by molar-refractivity contribution is 5.92. The molecule has 2 aromatic rings. The average molecular weight is 324 g/mol. The third-order valence-corrected chi connectivity index (χ3v) is 2.72. The minimum Gasteiger partial charge on any atom is -0.457 e. The van der Waals surface area contributed by atoms with Crippen molar-refractivity contribution in [3.05, 3.63) is 58.1 Å². The van der Waals surface area contributed by atoms with Crippen LogP contribution in [-0.2, 0) is 0 Å². The summed E-state index contributed by atoms with van der Waals surface area (Å²) in [5.74, 6) is -0.888. The molecule has 2 aromatic carbocycles. The Morgan fingerprint density at radius 1 is 1.13 bits per heavy atom. The van der Waals surface area contributed by atoms with E-state index < -0.39 is 28.9 Å². The molecule has 0 aromatic heterocycles. The van der Waals surface area contributed by atoms with E-state index in [-0.39, 0.29) is 17.1 Å². The molecule has 23 heavy (non-hydrogen) atoms. The zero-order valence-electron chi connectivity index (χ0n) is 11.4. The predicted octanol–water partition coefficient (Wildman–Crippen LogP) is 3.09. The third-order valence-electron chi connectivity index (χ3n) is 2.72. The summed E-state index contributed by atoms with van der Waals surface area (Å²) in [6.45, 7) is -3.21. The summed E-state index contributed by atoms with van der Waals surface area (Å²) in [6, 6.07) is 8.92. The summed E-state index contributed by atoms with van der Waals surface area (Å²) in [7, 11) is 0. The summed E-state index contributed by atoms with van der Waals surface area (Å²) >= 11 is 0. The van der Waals surface area contributed by atoms with Gasteiger partial charge in [0.15, 0.2) is 0 Å². The zero-order valence-corrected chi connectivity index (χ0v) is 11.4. The molecule has 0 fully saturated rings. The Kier molecular flexibility index (Phi) is 4.69. The van der Waals surface area contributed by atoms with Crippen LogP contribution in [0.25, 0.3) is 0 Å². The number of nitrogens with two attached hydrogens (primary N) is 1. The molecule has 0 spiro atoms. The number of amides is 1. The van der Waals surface area contributed by atoms with Crippen molar-refractivity contribution in [2.45, 2.75) is 6.61 Å². The largest absolute Gasteiger partial charge is 0.457 e. The first kappa shape index (κ1) is 16.1. The number of nitro groups is 1. The normalized spacial score (nSPS) is 10.4. The van der Waals surface area contributed by atoms with Gasteiger partial charge in [-0.05, 0) is 30.3 Å². The van der Waals surface area contributed by atoms with Gasteiger partial charge in [0.25, 0.3) is 0 Å². The molecule has 2 N–H and O–H groups in total. The monoisotopic (exact) mass is 324 g/mol. The van der Waals surface area contributed by atoms with Crippen LogP contribution in [-0.4, -0.2) is 17.4 Å². The maximum atomic E-state index is 12.3. The van der Waals surface area contributed by atoms with Gasteiger partial charge in [-0.2, -0.15) is 8.78 Å². The Morgan fingerprint density at radius 3 is 2.26 bits per heavy atom. The quantitative estimate of drug-likeness (QED) is 0.649. The van der Waals surface area contributed by atoms with Crippen LogP contribution in [0, 0.1) is 10.1 Å². The van der Waals surface area contributed by atoms with E-state index in [9.17, 15) is 23.7 Å². The molecule has 0 bridgehead atoms. The van der Waals surface area contributed by atoms with Gasteiger partial charge in [-0.15, -0.1) is 0 Å². The van der Waals surface area contributed by atoms with Crippen molar-refractivity contribution in [2.75, 3.05) is 0 Å². The first-order valence-electron chi connectivity index (χ1n) is 6.18. The smallest absolute Gasteiger partial charge is 0.387 e. The van der Waals surface area contributed by atoms with E-state index >= 15 is 0 Å². The van der Waals surface area contributed by atoms with E-state index in [2.05, 4.69) is 4.74 Å². The molecular formula is C14H10F2N2O5. The average Bonchev–Trinajstić information content (AvgIpc) is 2.47. The molecule has 2 rings (SSSR count). The van der Waals surface area contributed by atoms with Gasteiger partial charge in [0, 0.05) is 17.7 Å². The second kappa shape index (κ2) is 6.69. The molecule has 0 aliphatic rings. The number of benzene rings is 2. The molecule has 0 atom stereocenters. The molecule has 120 valence electrons. The molecular weight excluding hydrogens is 314 g/mol. The van der Waals surface area contributed by atoms with Crippen LogP contribution in [0.3, 0.4) is 0 Å². The van der Waals surface area contributed by atoms with Crippen LogP contribution in [0.1, 0.15) is 10.4 Å². The number of nitro benzene ring substituents is 1. The Hall–Kier alpha value is -3.23. The first-order chi connectivity index (χ1) is 10.9. The number of hydrogen-bond donors (Lipinski definition) is 1. The fourth-order valence-electron chi connectivity index (χ4n) is 1.72. The summed E-state index contributed by atoms with van der Waals surface area (Å²) in [5.41, 5.74) is 4.75. The van der Waals surface area contributed by atoms with Crippen LogP contribution in [0.5, 0.6) is 17.2 Å². The van der Waals surface area contributed by atoms with Crippen molar-refractivity contribution in [1.82, 2.24) is 0 Å². The zero-order chi connectivity index (χ0) is 17.0. The van der Waals surface area contributed by atoms with Gasteiger partial charge in [0.05, 0.1) is 4.92 Å². The Labute approximate surface area is 128 Å². The first-order valence-corrected chi connectivity index (χ1v) is 6.18. The van der Waals surface area contributed by atoms with Crippen molar-refractivity contribution < 1.29 is 28.0 Å². The number of primary amides is 1. The van der Waals surface area contributed by atoms with Gasteiger partial charge in [-0.1, -0.05) is 0 Å². The molecule has 0 heterocycles. The molecule has 0 aliphatic carbocycles. The maximum Gasteiger partial charge on any atom is 0.387 e. The third kappa shape index (κ3) is 4.13. The molecule has 7 nitrogen and oxygen atoms in total. The van der Waals surface area contributed by atoms with Crippen LogP contribution in [0.4, 0.5) is 14.5 Å². The van der Waals surface area contributed by atoms with Crippen molar-refractivity contribution >= 4 is 11.6 Å². The van der Waals surface area contributed by atoms with E-state index in [1.54, 1.807) is 0 Å². The molecule has 0 radical (unpaired) electrons. The van der Waals surface area contributed by atoms with E-state index in [0.717, 1.165) is 12.1 Å². The van der Waals surface area contributed by atoms with Gasteiger partial charge in [0.1, 0.15) is 11.5 Å². The Bertz CT molecular complexity index is 734. The van der Waals surface area contributed by atoms with Crippen LogP contribution >= 0.6 is 0 Å². The van der Waals surface area contributed by atoms with Crippen molar-refractivity contribution in [3.8, 4) is 17.2 Å². The number of carbonyl (C=O) groups is 1. The second-order valence-electron chi connectivity index (χ2n) is 4.26. The lowest BCUT2D eigenvalue weighted by atomic mass is 10.2. The molecule has 9 heteroatoms. The van der Waals surface area contributed by atoms with Crippen LogP contribution in [0.15, 0.2) is 42.5 Å². The molecule has 0 aliphatic heterocycles. The van der Waals surface area contributed by atoms with E-state index in [4.69, 9.17) is 10.5 Å². The van der Waals surface area contributed by atoms with Gasteiger partial charge < -0.3 is 15.2 Å². The molecule has 0 saturated carbocycles. The van der Waals surface area contributed by atoms with Crippen molar-refractivity contribution in [3.63, 3.8) is 0 Å². The summed E-state index contributed by atoms with van der Waals surface area (Å²) < 4.78 is 34.1. The number of alkyl halides is 2. The Balaban J connectivity index is 2.25. The molecule has 0 saturated heterocycles. The number of carbonyl (C=O) groups excluding carboxylic acids is 1. The minimum absolute atomic E-state index is 0.0538. The highest BCUT2D eigenvalue weighted by Gasteiger charge is 2.19. The molecule has 0 unspecified atom stereocenters. The lowest BCUT2D eigenvalue weighted by Gasteiger charge is -2.09. The van der Waals surface area contributed by atoms with Crippen molar-refractivity contribution in [2.24, 2.45) is 5.73 Å². The summed E-state index contributed by atoms with van der Waals surface area (Å²) in [4.78, 5) is 20.9. The number of rotatable bonds is 6. The maximum absolute atomic E-state index is 12.3. The van der Waals surface area contributed by atoms with Gasteiger partial charge in [-0.25, -0.2) is 0 Å². The van der Waals surface area contributed by atoms with E-state index in [1.807, 2.05) is 0 Å². The fourth-order valence-corrected chi connectivity index (χ4v) is 1.72. The van der Waals surface area contributed by atoms with Gasteiger partial charge >= 0.3 is 12.3 Å². The summed E-state index contributed by atoms with van der Waals surface area (Å²) in [6.07, 6.45) is 0. The van der Waals surface area contributed by atoms with Gasteiger partial charge in [-0.3, -0.25) is 14.9 Å². The SMILES string of the molecule is NC(=O)c1ccc(Oc2ccc([N+](=O)[O-])c(OC(F)F)c2)cc1. The van der Waals surface area contributed by atoms with Crippen LogP contribution < -0.4 is 15.2 Å². The molecule has 1 amide bonds. The van der Waals surface area contributed by atoms with E-state index in [1.165, 1.54) is 30.3 Å².